The molecule has 0 unspecified atom stereocenters. The van der Waals surface area contributed by atoms with Crippen LogP contribution < -0.4 is 0 Å². The van der Waals surface area contributed by atoms with Crippen molar-refractivity contribution in [1.82, 2.24) is 0 Å². The highest BCUT2D eigenvalue weighted by Crippen LogP contribution is 1.83. The molecule has 1 heteroatoms. The van der Waals surface area contributed by atoms with E-state index in [0.29, 0.717) is 5.57 Å². The second-order valence-electron chi connectivity index (χ2n) is 1.20. The van der Waals surface area contributed by atoms with E-state index in [-0.39, 0.29) is 5.78 Å². The topological polar surface area (TPSA) is 17.1 Å². The quantitative estimate of drug-likeness (QED) is 0.431. The lowest BCUT2D eigenvalue weighted by atomic mass is 10.3. The molecule has 0 N–H and O–H groups in total. The molecule has 0 spiro atoms. The third kappa shape index (κ3) is 1.70. The summed E-state index contributed by atoms with van der Waals surface area (Å²) < 4.78 is 0. The van der Waals surface area contributed by atoms with Gasteiger partial charge in [-0.1, -0.05) is 6.58 Å². The molecular weight excluding hydrogens is 76.1 g/mol. The van der Waals surface area contributed by atoms with Crippen LogP contribution in [0.2, 0.25) is 0 Å². The number of Topliss-reactive ketones (excluding diaryl/α,β-unsaturated/α-hetero) is 1. The Labute approximate surface area is 37.7 Å². The molecule has 33 valence electrons. The van der Waals surface area contributed by atoms with Gasteiger partial charge in [0.05, 0.1) is 0 Å². The van der Waals surface area contributed by atoms with Crippen molar-refractivity contribution in [2.24, 2.45) is 0 Å². The van der Waals surface area contributed by atoms with Gasteiger partial charge in [-0.25, -0.2) is 0 Å². The Bertz CT molecular complexity index is 69.9. The summed E-state index contributed by atoms with van der Waals surface area (Å²) in [6.07, 6.45) is 0. The van der Waals surface area contributed by atoms with E-state index < -0.39 is 0 Å². The zero-order chi connectivity index (χ0) is 5.15. The molecule has 0 atom stereocenters. The lowest BCUT2D eigenvalue weighted by Crippen LogP contribution is -1.87. The standard InChI is InChI=1S/C5H7O/c1-4(2)5(3)6/h1,3H2,2H3. The van der Waals surface area contributed by atoms with Gasteiger partial charge in [-0.3, -0.25) is 4.79 Å². The largest absolute Gasteiger partial charge is 0.295 e. The van der Waals surface area contributed by atoms with Crippen LogP contribution in [0.5, 0.6) is 0 Å². The first-order valence-corrected chi connectivity index (χ1v) is 1.66. The van der Waals surface area contributed by atoms with Crippen LogP contribution >= 0.6 is 0 Å². The van der Waals surface area contributed by atoms with E-state index in [9.17, 15) is 4.79 Å². The van der Waals surface area contributed by atoms with E-state index in [1.165, 1.54) is 0 Å². The van der Waals surface area contributed by atoms with Crippen molar-refractivity contribution < 1.29 is 4.79 Å². The molecule has 6 heavy (non-hydrogen) atoms. The number of carbonyl (C=O) groups is 1. The molecular formula is C5H7O. The van der Waals surface area contributed by atoms with Crippen LogP contribution in [0.15, 0.2) is 12.2 Å². The van der Waals surface area contributed by atoms with Gasteiger partial charge in [-0.2, -0.15) is 0 Å². The lowest BCUT2D eigenvalue weighted by Gasteiger charge is -1.80. The predicted molar refractivity (Wildman–Crippen MR) is 25.2 cm³/mol. The van der Waals surface area contributed by atoms with Gasteiger partial charge in [-0.15, -0.1) is 0 Å². The average Bonchev–Trinajstić information content (AvgIpc) is 1.36. The first-order valence-electron chi connectivity index (χ1n) is 1.66. The molecule has 0 amide bonds. The maximum absolute atomic E-state index is 9.93. The number of hydrogen-bond donors (Lipinski definition) is 0. The Morgan fingerprint density at radius 3 is 1.83 bits per heavy atom. The fraction of sp³-hybridized carbons (Fsp3) is 0.200. The molecule has 0 saturated heterocycles. The summed E-state index contributed by atoms with van der Waals surface area (Å²) in [6.45, 7) is 8.08. The van der Waals surface area contributed by atoms with Crippen LogP contribution in [0.4, 0.5) is 0 Å². The fourth-order valence-corrected chi connectivity index (χ4v) is 0. The van der Waals surface area contributed by atoms with Crippen LogP contribution in [0.3, 0.4) is 0 Å². The summed E-state index contributed by atoms with van der Waals surface area (Å²) in [5.74, 6) is -0.185. The Kier molecular flexibility index (Phi) is 1.58. The lowest BCUT2D eigenvalue weighted by molar-refractivity contribution is -0.111. The van der Waals surface area contributed by atoms with Gasteiger partial charge < -0.3 is 0 Å². The monoisotopic (exact) mass is 83.0 g/mol. The van der Waals surface area contributed by atoms with Crippen LogP contribution in [-0.4, -0.2) is 5.78 Å². The summed E-state index contributed by atoms with van der Waals surface area (Å²) in [6, 6.07) is 0. The summed E-state index contributed by atoms with van der Waals surface area (Å²) >= 11 is 0. The normalized spacial score (nSPS) is 7.67. The van der Waals surface area contributed by atoms with Gasteiger partial charge >= 0.3 is 0 Å². The molecule has 0 heterocycles. The van der Waals surface area contributed by atoms with Crippen LogP contribution in [0, 0.1) is 6.92 Å². The number of carbonyl (C=O) groups excluding carboxylic acids is 1. The van der Waals surface area contributed by atoms with Crippen molar-refractivity contribution in [3.63, 3.8) is 0 Å². The zero-order valence-corrected chi connectivity index (χ0v) is 3.82. The minimum Gasteiger partial charge on any atom is -0.295 e. The van der Waals surface area contributed by atoms with E-state index in [1.54, 1.807) is 6.92 Å². The number of hydrogen-bond acceptors (Lipinski definition) is 1. The Balaban J connectivity index is 3.57. The van der Waals surface area contributed by atoms with Crippen LogP contribution in [0.1, 0.15) is 6.92 Å². The van der Waals surface area contributed by atoms with Gasteiger partial charge in [0.15, 0.2) is 5.78 Å². The van der Waals surface area contributed by atoms with Gasteiger partial charge in [-0.05, 0) is 12.5 Å². The predicted octanol–water partition coefficient (Wildman–Crippen LogP) is 0.966. The van der Waals surface area contributed by atoms with Crippen molar-refractivity contribution in [1.29, 1.82) is 0 Å². The Morgan fingerprint density at radius 1 is 1.67 bits per heavy atom. The van der Waals surface area contributed by atoms with E-state index in [1.807, 2.05) is 0 Å². The van der Waals surface area contributed by atoms with Gasteiger partial charge in [0.2, 0.25) is 0 Å². The molecule has 1 radical (unpaired) electrons. The maximum atomic E-state index is 9.93. The maximum Gasteiger partial charge on any atom is 0.158 e. The van der Waals surface area contributed by atoms with E-state index in [0.717, 1.165) is 0 Å². The molecule has 0 aromatic carbocycles. The molecule has 0 aromatic heterocycles. The Hall–Kier alpha value is -0.590. The summed E-state index contributed by atoms with van der Waals surface area (Å²) in [5, 5.41) is 0. The smallest absolute Gasteiger partial charge is 0.158 e. The van der Waals surface area contributed by atoms with Crippen LogP contribution in [0.25, 0.3) is 0 Å². The summed E-state index contributed by atoms with van der Waals surface area (Å²) in [4.78, 5) is 9.93. The molecule has 0 aliphatic rings. The average molecular weight is 83.1 g/mol. The highest BCUT2D eigenvalue weighted by molar-refractivity contribution is 5.97. The molecule has 1 nitrogen and oxygen atoms in total. The SMILES string of the molecule is [CH2]C(=O)C(=C)C. The molecule has 0 aliphatic carbocycles. The van der Waals surface area contributed by atoms with Crippen molar-refractivity contribution in [3.8, 4) is 0 Å². The molecule has 0 saturated carbocycles. The van der Waals surface area contributed by atoms with Crippen molar-refractivity contribution in [3.05, 3.63) is 19.1 Å². The number of ketones is 1. The fourth-order valence-electron chi connectivity index (χ4n) is 0. The highest BCUT2D eigenvalue weighted by Gasteiger charge is 1.86. The summed E-state index contributed by atoms with van der Waals surface area (Å²) in [7, 11) is 0. The third-order valence-electron chi connectivity index (χ3n) is 0.476. The van der Waals surface area contributed by atoms with Crippen LogP contribution in [-0.2, 0) is 4.79 Å². The molecule has 0 rings (SSSR count). The Morgan fingerprint density at radius 2 is 1.83 bits per heavy atom. The summed E-state index contributed by atoms with van der Waals surface area (Å²) in [5.41, 5.74) is 0.509. The molecule has 0 aromatic rings. The zero-order valence-electron chi connectivity index (χ0n) is 3.82. The van der Waals surface area contributed by atoms with Crippen molar-refractivity contribution >= 4 is 5.78 Å². The molecule has 0 fully saturated rings. The second-order valence-corrected chi connectivity index (χ2v) is 1.20. The van der Waals surface area contributed by atoms with E-state index in [2.05, 4.69) is 13.5 Å². The van der Waals surface area contributed by atoms with Gasteiger partial charge in [0.25, 0.3) is 0 Å². The number of allylic oxidation sites excluding steroid dienone is 1. The van der Waals surface area contributed by atoms with Gasteiger partial charge in [0, 0.05) is 6.92 Å². The van der Waals surface area contributed by atoms with E-state index >= 15 is 0 Å². The third-order valence-corrected chi connectivity index (χ3v) is 0.476. The first-order chi connectivity index (χ1) is 2.64. The molecule has 0 aliphatic heterocycles. The minimum absolute atomic E-state index is 0.185. The van der Waals surface area contributed by atoms with E-state index in [4.69, 9.17) is 0 Å². The molecule has 0 bridgehead atoms. The van der Waals surface area contributed by atoms with Crippen molar-refractivity contribution in [2.75, 3.05) is 0 Å². The van der Waals surface area contributed by atoms with Crippen molar-refractivity contribution in [2.45, 2.75) is 6.92 Å². The minimum atomic E-state index is -0.185. The number of rotatable bonds is 1. The second kappa shape index (κ2) is 1.75. The highest BCUT2D eigenvalue weighted by atomic mass is 16.1. The van der Waals surface area contributed by atoms with Gasteiger partial charge in [0.1, 0.15) is 0 Å². The first kappa shape index (κ1) is 5.41.